The van der Waals surface area contributed by atoms with E-state index in [0.29, 0.717) is 12.0 Å². The molecule has 0 fully saturated rings. The molecule has 1 aromatic rings. The third kappa shape index (κ3) is 5.61. The average molecular weight is 300 g/mol. The molecular weight excluding hydrogens is 281 g/mol. The molecule has 0 amide bonds. The predicted molar refractivity (Wildman–Crippen MR) is 75.7 cm³/mol. The van der Waals surface area contributed by atoms with Gasteiger partial charge in [0.25, 0.3) is 0 Å². The third-order valence-electron chi connectivity index (χ3n) is 2.96. The number of esters is 1. The van der Waals surface area contributed by atoms with Crippen LogP contribution in [0.15, 0.2) is 24.3 Å². The van der Waals surface area contributed by atoms with Gasteiger partial charge >= 0.3 is 12.1 Å². The summed E-state index contributed by atoms with van der Waals surface area (Å²) in [6.07, 6.45) is 0.660. The minimum Gasteiger partial charge on any atom is -0.463 e. The van der Waals surface area contributed by atoms with E-state index in [1.807, 2.05) is 6.92 Å². The highest BCUT2D eigenvalue weighted by Gasteiger charge is 2.30. The third-order valence-corrected chi connectivity index (χ3v) is 2.96. The number of carbonyl (C=O) groups is 1. The quantitative estimate of drug-likeness (QED) is 0.566. The van der Waals surface area contributed by atoms with Crippen LogP contribution in [-0.4, -0.2) is 12.6 Å². The number of aryl methyl sites for hydroxylation is 1. The van der Waals surface area contributed by atoms with E-state index < -0.39 is 17.7 Å². The minimum atomic E-state index is -4.39. The normalized spacial score (nSPS) is 11.9. The van der Waals surface area contributed by atoms with Gasteiger partial charge in [0.1, 0.15) is 0 Å². The van der Waals surface area contributed by atoms with Crippen LogP contribution in [0.5, 0.6) is 0 Å². The second kappa shape index (κ2) is 7.86. The van der Waals surface area contributed by atoms with E-state index in [2.05, 4.69) is 0 Å². The summed E-state index contributed by atoms with van der Waals surface area (Å²) < 4.78 is 43.0. The molecule has 21 heavy (non-hydrogen) atoms. The summed E-state index contributed by atoms with van der Waals surface area (Å²) in [6.45, 7) is 3.91. The molecule has 5 heteroatoms. The van der Waals surface area contributed by atoms with E-state index in [1.165, 1.54) is 12.1 Å². The lowest BCUT2D eigenvalue weighted by Crippen LogP contribution is -2.06. The standard InChI is InChI=1S/C16H19F3O2/c1-3-5-6-12-7-9-14(16(17,18)19)11-13(12)8-10-15(20)21-4-2/h7-11H,3-6H2,1-2H3/b10-8+. The summed E-state index contributed by atoms with van der Waals surface area (Å²) in [5, 5.41) is 0. The molecule has 0 N–H and O–H groups in total. The fraction of sp³-hybridized carbons (Fsp3) is 0.438. The van der Waals surface area contributed by atoms with Gasteiger partial charge in [0.05, 0.1) is 12.2 Å². The van der Waals surface area contributed by atoms with Crippen molar-refractivity contribution in [1.29, 1.82) is 0 Å². The van der Waals surface area contributed by atoms with Crippen LogP contribution in [0.25, 0.3) is 6.08 Å². The number of hydrogen-bond donors (Lipinski definition) is 0. The Labute approximate surface area is 122 Å². The van der Waals surface area contributed by atoms with E-state index >= 15 is 0 Å². The molecule has 0 aliphatic heterocycles. The number of rotatable bonds is 6. The Morgan fingerprint density at radius 1 is 1.29 bits per heavy atom. The molecule has 0 aliphatic carbocycles. The lowest BCUT2D eigenvalue weighted by molar-refractivity contribution is -0.138. The maximum Gasteiger partial charge on any atom is 0.416 e. The summed E-state index contributed by atoms with van der Waals surface area (Å²) in [6, 6.07) is 3.62. The lowest BCUT2D eigenvalue weighted by atomic mass is 9.99. The van der Waals surface area contributed by atoms with Crippen LogP contribution >= 0.6 is 0 Å². The van der Waals surface area contributed by atoms with Crippen LogP contribution in [0.1, 0.15) is 43.4 Å². The molecule has 116 valence electrons. The van der Waals surface area contributed by atoms with Crippen molar-refractivity contribution in [3.8, 4) is 0 Å². The smallest absolute Gasteiger partial charge is 0.416 e. The molecule has 0 saturated carbocycles. The fourth-order valence-corrected chi connectivity index (χ4v) is 1.87. The molecule has 0 aliphatic rings. The van der Waals surface area contributed by atoms with E-state index in [4.69, 9.17) is 4.74 Å². The highest BCUT2D eigenvalue weighted by atomic mass is 19.4. The molecule has 1 rings (SSSR count). The molecule has 0 bridgehead atoms. The highest BCUT2D eigenvalue weighted by molar-refractivity contribution is 5.87. The Morgan fingerprint density at radius 2 is 2.00 bits per heavy atom. The van der Waals surface area contributed by atoms with Gasteiger partial charge in [-0.25, -0.2) is 4.79 Å². The van der Waals surface area contributed by atoms with Gasteiger partial charge in [-0.3, -0.25) is 0 Å². The molecule has 0 heterocycles. The topological polar surface area (TPSA) is 26.3 Å². The van der Waals surface area contributed by atoms with Crippen LogP contribution in [0.4, 0.5) is 13.2 Å². The largest absolute Gasteiger partial charge is 0.463 e. The van der Waals surface area contributed by atoms with Crippen LogP contribution in [0.3, 0.4) is 0 Å². The fourth-order valence-electron chi connectivity index (χ4n) is 1.87. The van der Waals surface area contributed by atoms with Crippen molar-refractivity contribution in [3.63, 3.8) is 0 Å². The monoisotopic (exact) mass is 300 g/mol. The summed E-state index contributed by atoms with van der Waals surface area (Å²) in [4.78, 5) is 11.3. The first-order valence-electron chi connectivity index (χ1n) is 6.93. The van der Waals surface area contributed by atoms with Crippen molar-refractivity contribution in [1.82, 2.24) is 0 Å². The molecule has 1 aromatic carbocycles. The van der Waals surface area contributed by atoms with Crippen molar-refractivity contribution < 1.29 is 22.7 Å². The van der Waals surface area contributed by atoms with Crippen LogP contribution in [0.2, 0.25) is 0 Å². The highest BCUT2D eigenvalue weighted by Crippen LogP contribution is 2.31. The molecule has 0 saturated heterocycles. The first kappa shape index (κ1) is 17.3. The number of alkyl halides is 3. The van der Waals surface area contributed by atoms with Crippen LogP contribution < -0.4 is 0 Å². The van der Waals surface area contributed by atoms with Crippen molar-refractivity contribution >= 4 is 12.0 Å². The molecule has 0 radical (unpaired) electrons. The molecular formula is C16H19F3O2. The first-order valence-corrected chi connectivity index (χ1v) is 6.93. The van der Waals surface area contributed by atoms with Gasteiger partial charge in [-0.05, 0) is 49.1 Å². The van der Waals surface area contributed by atoms with Gasteiger partial charge in [0, 0.05) is 6.08 Å². The number of halogens is 3. The van der Waals surface area contributed by atoms with Gasteiger partial charge in [-0.1, -0.05) is 19.4 Å². The maximum atomic E-state index is 12.8. The maximum absolute atomic E-state index is 12.8. The summed E-state index contributed by atoms with van der Waals surface area (Å²) >= 11 is 0. The van der Waals surface area contributed by atoms with Gasteiger partial charge in [-0.2, -0.15) is 13.2 Å². The van der Waals surface area contributed by atoms with E-state index in [1.54, 1.807) is 6.92 Å². The molecule has 2 nitrogen and oxygen atoms in total. The lowest BCUT2D eigenvalue weighted by Gasteiger charge is -2.11. The SMILES string of the molecule is CCCCc1ccc(C(F)(F)F)cc1/C=C/C(=O)OCC. The molecule has 0 unspecified atom stereocenters. The number of unbranched alkanes of at least 4 members (excludes halogenated alkanes) is 1. The van der Waals surface area contributed by atoms with E-state index in [9.17, 15) is 18.0 Å². The number of ether oxygens (including phenoxy) is 1. The Morgan fingerprint density at radius 3 is 2.57 bits per heavy atom. The summed E-state index contributed by atoms with van der Waals surface area (Å²) in [5.41, 5.74) is 0.489. The Balaban J connectivity index is 3.07. The molecule has 0 atom stereocenters. The van der Waals surface area contributed by atoms with Crippen molar-refractivity contribution in [2.75, 3.05) is 6.61 Å². The summed E-state index contributed by atoms with van der Waals surface area (Å²) in [5.74, 6) is -0.559. The first-order chi connectivity index (χ1) is 9.88. The van der Waals surface area contributed by atoms with Crippen molar-refractivity contribution in [2.45, 2.75) is 39.3 Å². The zero-order valence-electron chi connectivity index (χ0n) is 12.2. The van der Waals surface area contributed by atoms with Crippen molar-refractivity contribution in [2.24, 2.45) is 0 Å². The van der Waals surface area contributed by atoms with Crippen LogP contribution in [-0.2, 0) is 22.1 Å². The zero-order valence-corrected chi connectivity index (χ0v) is 12.2. The van der Waals surface area contributed by atoms with E-state index in [0.717, 1.165) is 36.6 Å². The Bertz CT molecular complexity index is 505. The Kier molecular flexibility index (Phi) is 6.46. The van der Waals surface area contributed by atoms with Gasteiger partial charge in [0.15, 0.2) is 0 Å². The predicted octanol–water partition coefficient (Wildman–Crippen LogP) is 4.62. The van der Waals surface area contributed by atoms with Gasteiger partial charge < -0.3 is 4.74 Å². The summed E-state index contributed by atoms with van der Waals surface area (Å²) in [7, 11) is 0. The van der Waals surface area contributed by atoms with Crippen LogP contribution in [0, 0.1) is 0 Å². The average Bonchev–Trinajstić information content (AvgIpc) is 2.42. The number of hydrogen-bond acceptors (Lipinski definition) is 2. The number of carbonyl (C=O) groups excluding carboxylic acids is 1. The molecule has 0 aromatic heterocycles. The second-order valence-electron chi connectivity index (χ2n) is 4.60. The zero-order chi connectivity index (χ0) is 15.9. The van der Waals surface area contributed by atoms with Crippen molar-refractivity contribution in [3.05, 3.63) is 41.0 Å². The van der Waals surface area contributed by atoms with Gasteiger partial charge in [-0.15, -0.1) is 0 Å². The number of benzene rings is 1. The van der Waals surface area contributed by atoms with E-state index in [-0.39, 0.29) is 6.61 Å². The minimum absolute atomic E-state index is 0.231. The van der Waals surface area contributed by atoms with Gasteiger partial charge in [0.2, 0.25) is 0 Å². The second-order valence-corrected chi connectivity index (χ2v) is 4.60. The molecule has 0 spiro atoms. The Hall–Kier alpha value is -1.78.